The van der Waals surface area contributed by atoms with Crippen LogP contribution in [0.2, 0.25) is 0 Å². The Kier molecular flexibility index (Phi) is 5.85. The number of carbonyl (C=O) groups is 2. The molecule has 0 aromatic heterocycles. The van der Waals surface area contributed by atoms with E-state index in [-0.39, 0.29) is 30.7 Å². The predicted molar refractivity (Wildman–Crippen MR) is 83.0 cm³/mol. The molecule has 0 heterocycles. The molecule has 1 saturated carbocycles. The zero-order chi connectivity index (χ0) is 17.7. The fraction of sp³-hybridized carbons (Fsp3) is 0.529. The van der Waals surface area contributed by atoms with Gasteiger partial charge in [0, 0.05) is 18.9 Å². The number of hydrogen-bond donors (Lipinski definition) is 2. The van der Waals surface area contributed by atoms with E-state index in [9.17, 15) is 22.8 Å². The second kappa shape index (κ2) is 7.68. The molecule has 1 aromatic carbocycles. The van der Waals surface area contributed by atoms with Crippen molar-refractivity contribution in [1.29, 1.82) is 0 Å². The Morgan fingerprint density at radius 1 is 1.21 bits per heavy atom. The van der Waals surface area contributed by atoms with Crippen LogP contribution in [0.25, 0.3) is 0 Å². The Morgan fingerprint density at radius 3 is 2.33 bits per heavy atom. The number of nitrogens with one attached hydrogen (secondary N) is 2. The SMILES string of the molecule is C[C@H](NC(=O)CCNC(=O)C1CCC1)c1ccc(C(F)(F)F)cc1. The number of benzene rings is 1. The van der Waals surface area contributed by atoms with E-state index in [2.05, 4.69) is 10.6 Å². The van der Waals surface area contributed by atoms with Gasteiger partial charge in [-0.3, -0.25) is 9.59 Å². The van der Waals surface area contributed by atoms with Crippen LogP contribution >= 0.6 is 0 Å². The maximum atomic E-state index is 12.5. The van der Waals surface area contributed by atoms with Gasteiger partial charge in [-0.1, -0.05) is 18.6 Å². The van der Waals surface area contributed by atoms with Gasteiger partial charge in [0.25, 0.3) is 0 Å². The molecule has 0 unspecified atom stereocenters. The Hall–Kier alpha value is -2.05. The van der Waals surface area contributed by atoms with E-state index in [0.29, 0.717) is 5.56 Å². The smallest absolute Gasteiger partial charge is 0.355 e. The maximum Gasteiger partial charge on any atom is 0.416 e. The maximum absolute atomic E-state index is 12.5. The molecule has 1 fully saturated rings. The number of alkyl halides is 3. The first-order valence-electron chi connectivity index (χ1n) is 8.01. The lowest BCUT2D eigenvalue weighted by atomic mass is 9.85. The van der Waals surface area contributed by atoms with Crippen LogP contribution in [-0.2, 0) is 15.8 Å². The van der Waals surface area contributed by atoms with Crippen LogP contribution in [0, 0.1) is 5.92 Å². The average molecular weight is 342 g/mol. The van der Waals surface area contributed by atoms with Crippen LogP contribution in [0.15, 0.2) is 24.3 Å². The molecule has 1 atom stereocenters. The minimum atomic E-state index is -4.37. The second-order valence-electron chi connectivity index (χ2n) is 6.08. The molecule has 1 aliphatic carbocycles. The molecule has 1 aliphatic rings. The standard InChI is InChI=1S/C17H21F3N2O2/c1-11(12-5-7-14(8-6-12)17(18,19)20)22-15(23)9-10-21-16(24)13-3-2-4-13/h5-8,11,13H,2-4,9-10H2,1H3,(H,21,24)(H,22,23)/t11-/m0/s1. The third-order valence-electron chi connectivity index (χ3n) is 4.24. The third kappa shape index (κ3) is 4.97. The lowest BCUT2D eigenvalue weighted by molar-refractivity contribution is -0.137. The van der Waals surface area contributed by atoms with E-state index in [4.69, 9.17) is 0 Å². The van der Waals surface area contributed by atoms with Gasteiger partial charge in [-0.05, 0) is 37.5 Å². The molecule has 0 spiro atoms. The summed E-state index contributed by atoms with van der Waals surface area (Å²) < 4.78 is 37.6. The molecule has 2 amide bonds. The number of rotatable bonds is 6. The van der Waals surface area contributed by atoms with Crippen molar-refractivity contribution < 1.29 is 22.8 Å². The van der Waals surface area contributed by atoms with E-state index in [1.165, 1.54) is 12.1 Å². The third-order valence-corrected chi connectivity index (χ3v) is 4.24. The average Bonchev–Trinajstić information content (AvgIpc) is 2.44. The summed E-state index contributed by atoms with van der Waals surface area (Å²) in [5.41, 5.74) is -0.127. The van der Waals surface area contributed by atoms with E-state index >= 15 is 0 Å². The summed E-state index contributed by atoms with van der Waals surface area (Å²) in [5, 5.41) is 5.44. The van der Waals surface area contributed by atoms with Crippen molar-refractivity contribution in [1.82, 2.24) is 10.6 Å². The molecular weight excluding hydrogens is 321 g/mol. The molecule has 2 rings (SSSR count). The van der Waals surface area contributed by atoms with Crippen molar-refractivity contribution in [2.45, 2.75) is 44.8 Å². The van der Waals surface area contributed by atoms with Crippen molar-refractivity contribution in [3.8, 4) is 0 Å². The summed E-state index contributed by atoms with van der Waals surface area (Å²) in [4.78, 5) is 23.5. The van der Waals surface area contributed by atoms with Crippen LogP contribution in [0.1, 0.15) is 49.8 Å². The molecule has 1 aromatic rings. The van der Waals surface area contributed by atoms with Crippen LogP contribution in [0.3, 0.4) is 0 Å². The molecular formula is C17H21F3N2O2. The Labute approximate surface area is 138 Å². The lowest BCUT2D eigenvalue weighted by Gasteiger charge is -2.24. The Balaban J connectivity index is 1.75. The van der Waals surface area contributed by atoms with Crippen molar-refractivity contribution in [2.24, 2.45) is 5.92 Å². The summed E-state index contributed by atoms with van der Waals surface area (Å²) >= 11 is 0. The van der Waals surface area contributed by atoms with Crippen molar-refractivity contribution >= 4 is 11.8 Å². The topological polar surface area (TPSA) is 58.2 Å². The monoisotopic (exact) mass is 342 g/mol. The van der Waals surface area contributed by atoms with E-state index in [1.807, 2.05) is 0 Å². The summed E-state index contributed by atoms with van der Waals surface area (Å²) in [7, 11) is 0. The van der Waals surface area contributed by atoms with Gasteiger partial charge in [0.15, 0.2) is 0 Å². The molecule has 7 heteroatoms. The van der Waals surface area contributed by atoms with E-state index in [0.717, 1.165) is 31.4 Å². The number of carbonyl (C=O) groups excluding carboxylic acids is 2. The molecule has 132 valence electrons. The van der Waals surface area contributed by atoms with Gasteiger partial charge in [0.1, 0.15) is 0 Å². The van der Waals surface area contributed by atoms with Crippen LogP contribution in [-0.4, -0.2) is 18.4 Å². The fourth-order valence-electron chi connectivity index (χ4n) is 2.47. The quantitative estimate of drug-likeness (QED) is 0.834. The van der Waals surface area contributed by atoms with E-state index in [1.54, 1.807) is 6.92 Å². The molecule has 0 radical (unpaired) electrons. The molecule has 0 saturated heterocycles. The Morgan fingerprint density at radius 2 is 1.83 bits per heavy atom. The highest BCUT2D eigenvalue weighted by molar-refractivity contribution is 5.81. The largest absolute Gasteiger partial charge is 0.416 e. The molecule has 0 bridgehead atoms. The zero-order valence-corrected chi connectivity index (χ0v) is 13.5. The molecule has 4 nitrogen and oxygen atoms in total. The van der Waals surface area contributed by atoms with Crippen molar-refractivity contribution in [2.75, 3.05) is 6.54 Å². The van der Waals surface area contributed by atoms with Gasteiger partial charge in [-0.2, -0.15) is 13.2 Å². The summed E-state index contributed by atoms with van der Waals surface area (Å²) in [5.74, 6) is -0.180. The van der Waals surface area contributed by atoms with Gasteiger partial charge in [-0.15, -0.1) is 0 Å². The first-order valence-corrected chi connectivity index (χ1v) is 8.01. The summed E-state index contributed by atoms with van der Waals surface area (Å²) in [6.07, 6.45) is -1.34. The predicted octanol–water partition coefficient (Wildman–Crippen LogP) is 3.19. The lowest BCUT2D eigenvalue weighted by Crippen LogP contribution is -2.37. The normalized spacial score (nSPS) is 16.2. The summed E-state index contributed by atoms with van der Waals surface area (Å²) in [6.45, 7) is 1.97. The second-order valence-corrected chi connectivity index (χ2v) is 6.08. The van der Waals surface area contributed by atoms with Crippen molar-refractivity contribution in [3.63, 3.8) is 0 Å². The minimum absolute atomic E-state index is 0.00941. The highest BCUT2D eigenvalue weighted by atomic mass is 19.4. The summed E-state index contributed by atoms with van der Waals surface area (Å²) in [6, 6.07) is 4.30. The van der Waals surface area contributed by atoms with Gasteiger partial charge in [0.2, 0.25) is 11.8 Å². The minimum Gasteiger partial charge on any atom is -0.355 e. The first-order chi connectivity index (χ1) is 11.3. The highest BCUT2D eigenvalue weighted by Gasteiger charge is 2.30. The van der Waals surface area contributed by atoms with Gasteiger partial charge < -0.3 is 10.6 Å². The van der Waals surface area contributed by atoms with Crippen molar-refractivity contribution in [3.05, 3.63) is 35.4 Å². The molecule has 24 heavy (non-hydrogen) atoms. The highest BCUT2D eigenvalue weighted by Crippen LogP contribution is 2.30. The van der Waals surface area contributed by atoms with Gasteiger partial charge in [0.05, 0.1) is 11.6 Å². The van der Waals surface area contributed by atoms with E-state index < -0.39 is 17.8 Å². The van der Waals surface area contributed by atoms with Gasteiger partial charge in [-0.25, -0.2) is 0 Å². The van der Waals surface area contributed by atoms with Crippen LogP contribution in [0.5, 0.6) is 0 Å². The first kappa shape index (κ1) is 18.3. The zero-order valence-electron chi connectivity index (χ0n) is 13.5. The Bertz CT molecular complexity index is 580. The van der Waals surface area contributed by atoms with Gasteiger partial charge >= 0.3 is 6.18 Å². The fourth-order valence-corrected chi connectivity index (χ4v) is 2.47. The van der Waals surface area contributed by atoms with Crippen LogP contribution in [0.4, 0.5) is 13.2 Å². The molecule has 2 N–H and O–H groups in total. The number of hydrogen-bond acceptors (Lipinski definition) is 2. The molecule has 0 aliphatic heterocycles. The van der Waals surface area contributed by atoms with Crippen LogP contribution < -0.4 is 10.6 Å². The number of amides is 2. The number of halogens is 3.